The number of aromatic nitrogens is 1. The van der Waals surface area contributed by atoms with Crippen molar-refractivity contribution in [2.75, 3.05) is 17.9 Å². The Morgan fingerprint density at radius 3 is 2.57 bits per heavy atom. The molecule has 3 aromatic carbocycles. The lowest BCUT2D eigenvalue weighted by atomic mass is 9.99. The molecule has 0 aliphatic rings. The maximum atomic E-state index is 12.7. The largest absolute Gasteiger partial charge is 0.513 e. The van der Waals surface area contributed by atoms with Gasteiger partial charge in [0, 0.05) is 41.4 Å². The van der Waals surface area contributed by atoms with Crippen LogP contribution in [-0.2, 0) is 21.3 Å². The van der Waals surface area contributed by atoms with Crippen LogP contribution in [0.25, 0.3) is 10.9 Å². The van der Waals surface area contributed by atoms with Gasteiger partial charge in [-0.15, -0.1) is 0 Å². The lowest BCUT2D eigenvalue weighted by Crippen LogP contribution is -2.42. The van der Waals surface area contributed by atoms with E-state index in [1.807, 2.05) is 31.3 Å². The average Bonchev–Trinajstić information content (AvgIpc) is 3.38. The molecular formula is C32H39N3O6S. The van der Waals surface area contributed by atoms with Gasteiger partial charge in [0.15, 0.2) is 0 Å². The van der Waals surface area contributed by atoms with Crippen molar-refractivity contribution < 1.29 is 27.8 Å². The number of fused-ring (bicyclic) bond motifs is 1. The molecule has 0 unspecified atom stereocenters. The molecule has 4 aromatic rings. The van der Waals surface area contributed by atoms with E-state index in [0.29, 0.717) is 30.2 Å². The van der Waals surface area contributed by atoms with Crippen molar-refractivity contribution in [2.45, 2.75) is 63.1 Å². The molecule has 42 heavy (non-hydrogen) atoms. The number of carbonyl (C=O) groups excluding carboxylic acids is 1. The number of aryl methyl sites for hydroxylation is 1. The Morgan fingerprint density at radius 1 is 1.02 bits per heavy atom. The smallest absolute Gasteiger partial charge is 0.434 e. The first-order valence-electron chi connectivity index (χ1n) is 14.1. The number of sulfonamides is 1. The Labute approximate surface area is 247 Å². The van der Waals surface area contributed by atoms with Gasteiger partial charge in [-0.1, -0.05) is 43.7 Å². The second-order valence-electron chi connectivity index (χ2n) is 10.9. The molecule has 9 nitrogen and oxygen atoms in total. The first-order valence-corrected chi connectivity index (χ1v) is 15.6. The predicted molar refractivity (Wildman–Crippen MR) is 164 cm³/mol. The van der Waals surface area contributed by atoms with E-state index >= 15 is 0 Å². The highest BCUT2D eigenvalue weighted by molar-refractivity contribution is 7.92. The summed E-state index contributed by atoms with van der Waals surface area (Å²) in [6.07, 6.45) is 2.99. The SMILES string of the molecule is CCCCOC(=O)Oc1ccc2c(ccn2CCC(C)(C)NC[C@H](O)c2cccc(NS(=O)(=O)c3ccccc3)c2)c1. The molecule has 224 valence electrons. The second kappa shape index (κ2) is 13.9. The van der Waals surface area contributed by atoms with Crippen molar-refractivity contribution in [3.05, 3.63) is 90.6 Å². The van der Waals surface area contributed by atoms with E-state index in [0.717, 1.165) is 36.7 Å². The Hall–Kier alpha value is -3.86. The maximum Gasteiger partial charge on any atom is 0.513 e. The molecule has 0 radical (unpaired) electrons. The molecular weight excluding hydrogens is 554 g/mol. The van der Waals surface area contributed by atoms with Gasteiger partial charge in [0.1, 0.15) is 5.75 Å². The number of anilines is 1. The van der Waals surface area contributed by atoms with E-state index in [1.165, 1.54) is 12.1 Å². The fourth-order valence-corrected chi connectivity index (χ4v) is 5.54. The number of benzene rings is 3. The summed E-state index contributed by atoms with van der Waals surface area (Å²) in [4.78, 5) is 12.0. The normalized spacial score (nSPS) is 12.7. The minimum absolute atomic E-state index is 0.172. The molecule has 0 amide bonds. The zero-order valence-corrected chi connectivity index (χ0v) is 25.1. The van der Waals surface area contributed by atoms with Gasteiger partial charge in [-0.2, -0.15) is 0 Å². The van der Waals surface area contributed by atoms with Gasteiger partial charge >= 0.3 is 6.16 Å². The molecule has 0 aliphatic carbocycles. The maximum absolute atomic E-state index is 12.7. The number of β-amino-alcohol motifs (C(OH)–C–C–N with tert-alkyl or cyclic N) is 1. The molecule has 0 bridgehead atoms. The van der Waals surface area contributed by atoms with Crippen LogP contribution in [0.15, 0.2) is 90.0 Å². The highest BCUT2D eigenvalue weighted by Crippen LogP contribution is 2.25. The lowest BCUT2D eigenvalue weighted by molar-refractivity contribution is 0.0979. The summed E-state index contributed by atoms with van der Waals surface area (Å²) in [5.74, 6) is 0.440. The zero-order valence-electron chi connectivity index (χ0n) is 24.2. The van der Waals surface area contributed by atoms with Crippen LogP contribution in [0, 0.1) is 0 Å². The number of aliphatic hydroxyl groups is 1. The number of carbonyl (C=O) groups is 1. The number of rotatable bonds is 14. The van der Waals surface area contributed by atoms with E-state index < -0.39 is 22.3 Å². The van der Waals surface area contributed by atoms with Crippen molar-refractivity contribution in [2.24, 2.45) is 0 Å². The summed E-state index contributed by atoms with van der Waals surface area (Å²) in [6, 6.07) is 22.4. The number of hydrogen-bond acceptors (Lipinski definition) is 7. The molecule has 0 aliphatic heterocycles. The molecule has 1 aromatic heterocycles. The van der Waals surface area contributed by atoms with Crippen LogP contribution in [0.5, 0.6) is 5.75 Å². The van der Waals surface area contributed by atoms with Crippen molar-refractivity contribution in [1.82, 2.24) is 9.88 Å². The van der Waals surface area contributed by atoms with Crippen LogP contribution in [0.1, 0.15) is 51.7 Å². The minimum Gasteiger partial charge on any atom is -0.434 e. The van der Waals surface area contributed by atoms with Gasteiger partial charge in [-0.05, 0) is 80.8 Å². The quantitative estimate of drug-likeness (QED) is 0.0898. The van der Waals surface area contributed by atoms with E-state index in [4.69, 9.17) is 9.47 Å². The first kappa shape index (κ1) is 31.1. The van der Waals surface area contributed by atoms with E-state index in [-0.39, 0.29) is 10.4 Å². The average molecular weight is 594 g/mol. The Balaban J connectivity index is 1.30. The summed E-state index contributed by atoms with van der Waals surface area (Å²) >= 11 is 0. The highest BCUT2D eigenvalue weighted by Gasteiger charge is 2.21. The van der Waals surface area contributed by atoms with Crippen molar-refractivity contribution >= 4 is 32.8 Å². The highest BCUT2D eigenvalue weighted by atomic mass is 32.2. The van der Waals surface area contributed by atoms with Crippen LogP contribution >= 0.6 is 0 Å². The molecule has 1 atom stereocenters. The fourth-order valence-electron chi connectivity index (χ4n) is 4.46. The Morgan fingerprint density at radius 2 is 1.81 bits per heavy atom. The molecule has 10 heteroatoms. The Bertz CT molecular complexity index is 1580. The number of ether oxygens (including phenoxy) is 2. The second-order valence-corrected chi connectivity index (χ2v) is 12.5. The molecule has 3 N–H and O–H groups in total. The van der Waals surface area contributed by atoms with Gasteiger partial charge in [0.25, 0.3) is 10.0 Å². The molecule has 0 spiro atoms. The summed E-state index contributed by atoms with van der Waals surface area (Å²) < 4.78 is 40.5. The van der Waals surface area contributed by atoms with Crippen molar-refractivity contribution in [3.8, 4) is 5.75 Å². The van der Waals surface area contributed by atoms with Crippen molar-refractivity contribution in [1.29, 1.82) is 0 Å². The Kier molecular flexibility index (Phi) is 10.3. The van der Waals surface area contributed by atoms with Crippen LogP contribution in [0.3, 0.4) is 0 Å². The number of aliphatic hydroxyl groups excluding tert-OH is 1. The van der Waals surface area contributed by atoms with Gasteiger partial charge in [-0.25, -0.2) is 13.2 Å². The number of unbranched alkanes of at least 4 members (excludes halogenated alkanes) is 1. The third-order valence-corrected chi connectivity index (χ3v) is 8.39. The summed E-state index contributed by atoms with van der Waals surface area (Å²) in [5, 5.41) is 15.3. The fraction of sp³-hybridized carbons (Fsp3) is 0.344. The molecule has 0 saturated heterocycles. The molecule has 0 saturated carbocycles. The van der Waals surface area contributed by atoms with E-state index in [1.54, 1.807) is 48.5 Å². The number of nitrogens with zero attached hydrogens (tertiary/aromatic N) is 1. The minimum atomic E-state index is -3.73. The van der Waals surface area contributed by atoms with Crippen LogP contribution in [0.4, 0.5) is 10.5 Å². The first-order chi connectivity index (χ1) is 20.1. The van der Waals surface area contributed by atoms with Gasteiger partial charge in [-0.3, -0.25) is 4.72 Å². The van der Waals surface area contributed by atoms with Gasteiger partial charge in [0.05, 0.1) is 17.6 Å². The number of hydrogen-bond donors (Lipinski definition) is 3. The topological polar surface area (TPSA) is 119 Å². The van der Waals surface area contributed by atoms with Crippen molar-refractivity contribution in [3.63, 3.8) is 0 Å². The molecule has 1 heterocycles. The van der Waals surface area contributed by atoms with Crippen LogP contribution in [0.2, 0.25) is 0 Å². The predicted octanol–water partition coefficient (Wildman–Crippen LogP) is 6.25. The van der Waals surface area contributed by atoms with Gasteiger partial charge < -0.3 is 24.5 Å². The van der Waals surface area contributed by atoms with Crippen LogP contribution < -0.4 is 14.8 Å². The molecule has 4 rings (SSSR count). The lowest BCUT2D eigenvalue weighted by Gasteiger charge is -2.28. The van der Waals surface area contributed by atoms with E-state index in [9.17, 15) is 18.3 Å². The molecule has 0 fully saturated rings. The standard InChI is InChI=1S/C32H39N3O6S/c1-4-5-20-40-31(37)41-27-14-15-29-24(22-27)16-18-35(29)19-17-32(2,3)33-23-30(36)25-10-9-11-26(21-25)34-42(38,39)28-12-7-6-8-13-28/h6-16,18,21-22,30,33-34,36H,4-5,17,19-20,23H2,1-3H3/t30-/m0/s1. The third kappa shape index (κ3) is 8.58. The monoisotopic (exact) mass is 593 g/mol. The van der Waals surface area contributed by atoms with Gasteiger partial charge in [0.2, 0.25) is 0 Å². The third-order valence-electron chi connectivity index (χ3n) is 6.99. The summed E-state index contributed by atoms with van der Waals surface area (Å²) in [5.41, 5.74) is 1.72. The summed E-state index contributed by atoms with van der Waals surface area (Å²) in [6.45, 7) is 7.55. The number of nitrogens with one attached hydrogen (secondary N) is 2. The zero-order chi connectivity index (χ0) is 30.2. The van der Waals surface area contributed by atoms with Crippen LogP contribution in [-0.4, -0.2) is 42.9 Å². The summed E-state index contributed by atoms with van der Waals surface area (Å²) in [7, 11) is -3.73. The van der Waals surface area contributed by atoms with E-state index in [2.05, 4.69) is 28.5 Å².